The Labute approximate surface area is 75.9 Å². The maximum atomic E-state index is 10.9. The van der Waals surface area contributed by atoms with E-state index in [0.717, 1.165) is 5.92 Å². The standard InChI is InChI=1S/C8H14BrNO/c1-2-3-6-4-7(6)10-8(11)5-9/h6-7H,2-5H2,1H3,(H,10,11). The number of hydrogen-bond acceptors (Lipinski definition) is 1. The molecule has 3 heteroatoms. The molecular weight excluding hydrogens is 206 g/mol. The van der Waals surface area contributed by atoms with Gasteiger partial charge in [-0.05, 0) is 18.8 Å². The van der Waals surface area contributed by atoms with Gasteiger partial charge in [-0.3, -0.25) is 4.79 Å². The lowest BCUT2D eigenvalue weighted by Crippen LogP contribution is -2.27. The lowest BCUT2D eigenvalue weighted by atomic mass is 10.2. The highest BCUT2D eigenvalue weighted by Crippen LogP contribution is 2.34. The molecule has 11 heavy (non-hydrogen) atoms. The van der Waals surface area contributed by atoms with E-state index in [2.05, 4.69) is 28.2 Å². The first kappa shape index (κ1) is 9.04. The highest BCUT2D eigenvalue weighted by molar-refractivity contribution is 9.09. The molecule has 1 N–H and O–H groups in total. The van der Waals surface area contributed by atoms with Gasteiger partial charge in [-0.2, -0.15) is 0 Å². The lowest BCUT2D eigenvalue weighted by Gasteiger charge is -1.99. The van der Waals surface area contributed by atoms with Gasteiger partial charge >= 0.3 is 0 Å². The maximum Gasteiger partial charge on any atom is 0.230 e. The van der Waals surface area contributed by atoms with Crippen molar-refractivity contribution < 1.29 is 4.79 Å². The molecule has 0 bridgehead atoms. The molecule has 1 aliphatic rings. The fourth-order valence-corrected chi connectivity index (χ4v) is 1.52. The van der Waals surface area contributed by atoms with Crippen LogP contribution in [-0.2, 0) is 4.79 Å². The second-order valence-corrected chi connectivity index (χ2v) is 3.65. The number of amides is 1. The Kier molecular flexibility index (Phi) is 3.37. The van der Waals surface area contributed by atoms with Crippen LogP contribution in [0.25, 0.3) is 0 Å². The number of halogens is 1. The van der Waals surface area contributed by atoms with Crippen molar-refractivity contribution in [1.82, 2.24) is 5.32 Å². The normalized spacial score (nSPS) is 28.2. The minimum Gasteiger partial charge on any atom is -0.352 e. The fourth-order valence-electron chi connectivity index (χ4n) is 1.36. The second kappa shape index (κ2) is 4.10. The Balaban J connectivity index is 2.08. The van der Waals surface area contributed by atoms with Gasteiger partial charge in [0.2, 0.25) is 5.91 Å². The summed E-state index contributed by atoms with van der Waals surface area (Å²) < 4.78 is 0. The van der Waals surface area contributed by atoms with Gasteiger partial charge in [-0.1, -0.05) is 29.3 Å². The summed E-state index contributed by atoms with van der Waals surface area (Å²) in [6.45, 7) is 2.18. The van der Waals surface area contributed by atoms with Crippen LogP contribution in [0.2, 0.25) is 0 Å². The third-order valence-electron chi connectivity index (χ3n) is 2.05. The summed E-state index contributed by atoms with van der Waals surface area (Å²) in [5.74, 6) is 0.886. The number of alkyl halides is 1. The minimum atomic E-state index is 0.119. The highest BCUT2D eigenvalue weighted by Gasteiger charge is 2.36. The van der Waals surface area contributed by atoms with E-state index in [1.807, 2.05) is 0 Å². The first-order valence-electron chi connectivity index (χ1n) is 4.13. The van der Waals surface area contributed by atoms with Crippen molar-refractivity contribution in [2.45, 2.75) is 32.2 Å². The molecule has 0 aromatic heterocycles. The predicted molar refractivity (Wildman–Crippen MR) is 48.7 cm³/mol. The van der Waals surface area contributed by atoms with Crippen LogP contribution in [0.15, 0.2) is 0 Å². The summed E-state index contributed by atoms with van der Waals surface area (Å²) in [7, 11) is 0. The Morgan fingerprint density at radius 2 is 2.45 bits per heavy atom. The summed E-state index contributed by atoms with van der Waals surface area (Å²) in [5.41, 5.74) is 0. The van der Waals surface area contributed by atoms with Crippen LogP contribution in [0.1, 0.15) is 26.2 Å². The van der Waals surface area contributed by atoms with E-state index in [-0.39, 0.29) is 5.91 Å². The molecule has 1 aliphatic carbocycles. The van der Waals surface area contributed by atoms with Crippen molar-refractivity contribution in [3.63, 3.8) is 0 Å². The van der Waals surface area contributed by atoms with Crippen molar-refractivity contribution in [2.75, 3.05) is 5.33 Å². The van der Waals surface area contributed by atoms with Crippen molar-refractivity contribution in [3.05, 3.63) is 0 Å². The molecule has 2 nitrogen and oxygen atoms in total. The quantitative estimate of drug-likeness (QED) is 0.717. The third kappa shape index (κ3) is 2.81. The van der Waals surface area contributed by atoms with E-state index in [1.54, 1.807) is 0 Å². The van der Waals surface area contributed by atoms with Crippen LogP contribution in [-0.4, -0.2) is 17.3 Å². The van der Waals surface area contributed by atoms with Crippen molar-refractivity contribution >= 4 is 21.8 Å². The molecule has 1 saturated carbocycles. The average Bonchev–Trinajstić information content (AvgIpc) is 2.69. The van der Waals surface area contributed by atoms with Crippen LogP contribution in [0.4, 0.5) is 0 Å². The van der Waals surface area contributed by atoms with Crippen LogP contribution in [0.5, 0.6) is 0 Å². The van der Waals surface area contributed by atoms with E-state index in [0.29, 0.717) is 11.4 Å². The van der Waals surface area contributed by atoms with Gasteiger partial charge < -0.3 is 5.32 Å². The molecule has 2 unspecified atom stereocenters. The molecule has 0 heterocycles. The molecule has 0 saturated heterocycles. The van der Waals surface area contributed by atoms with Gasteiger partial charge in [0, 0.05) is 6.04 Å². The van der Waals surface area contributed by atoms with Crippen molar-refractivity contribution in [3.8, 4) is 0 Å². The topological polar surface area (TPSA) is 29.1 Å². The van der Waals surface area contributed by atoms with Gasteiger partial charge in [0.15, 0.2) is 0 Å². The molecule has 1 amide bonds. The van der Waals surface area contributed by atoms with Gasteiger partial charge in [-0.15, -0.1) is 0 Å². The number of hydrogen-bond donors (Lipinski definition) is 1. The first-order valence-corrected chi connectivity index (χ1v) is 5.25. The molecule has 1 rings (SSSR count). The predicted octanol–water partition coefficient (Wildman–Crippen LogP) is 1.69. The van der Waals surface area contributed by atoms with Crippen LogP contribution >= 0.6 is 15.9 Å². The van der Waals surface area contributed by atoms with Gasteiger partial charge in [0.05, 0.1) is 5.33 Å². The highest BCUT2D eigenvalue weighted by atomic mass is 79.9. The molecule has 1 fully saturated rings. The molecule has 2 atom stereocenters. The molecule has 0 radical (unpaired) electrons. The summed E-state index contributed by atoms with van der Waals surface area (Å²) in [6, 6.07) is 0.486. The zero-order valence-electron chi connectivity index (χ0n) is 6.77. The van der Waals surface area contributed by atoms with Gasteiger partial charge in [0.1, 0.15) is 0 Å². The third-order valence-corrected chi connectivity index (χ3v) is 2.56. The van der Waals surface area contributed by atoms with Crippen molar-refractivity contribution in [2.24, 2.45) is 5.92 Å². The summed E-state index contributed by atoms with van der Waals surface area (Å²) in [5, 5.41) is 3.39. The monoisotopic (exact) mass is 219 g/mol. The van der Waals surface area contributed by atoms with E-state index in [4.69, 9.17) is 0 Å². The van der Waals surface area contributed by atoms with Crippen LogP contribution < -0.4 is 5.32 Å². The number of nitrogens with one attached hydrogen (secondary N) is 1. The number of carbonyl (C=O) groups is 1. The zero-order valence-corrected chi connectivity index (χ0v) is 8.36. The van der Waals surface area contributed by atoms with E-state index in [1.165, 1.54) is 19.3 Å². The van der Waals surface area contributed by atoms with E-state index >= 15 is 0 Å². The smallest absolute Gasteiger partial charge is 0.230 e. The van der Waals surface area contributed by atoms with E-state index in [9.17, 15) is 4.79 Å². The maximum absolute atomic E-state index is 10.9. The van der Waals surface area contributed by atoms with Gasteiger partial charge in [0.25, 0.3) is 0 Å². The fraction of sp³-hybridized carbons (Fsp3) is 0.875. The second-order valence-electron chi connectivity index (χ2n) is 3.09. The lowest BCUT2D eigenvalue weighted by molar-refractivity contribution is -0.118. The number of carbonyl (C=O) groups excluding carboxylic acids is 1. The van der Waals surface area contributed by atoms with Crippen LogP contribution in [0, 0.1) is 5.92 Å². The molecule has 0 aromatic rings. The average molecular weight is 220 g/mol. The largest absolute Gasteiger partial charge is 0.352 e. The Morgan fingerprint density at radius 3 is 3.00 bits per heavy atom. The van der Waals surface area contributed by atoms with Crippen LogP contribution in [0.3, 0.4) is 0 Å². The molecule has 64 valence electrons. The molecule has 0 aromatic carbocycles. The number of rotatable bonds is 4. The molecular formula is C8H14BrNO. The van der Waals surface area contributed by atoms with Crippen molar-refractivity contribution in [1.29, 1.82) is 0 Å². The molecule has 0 spiro atoms. The Morgan fingerprint density at radius 1 is 1.73 bits per heavy atom. The SMILES string of the molecule is CCCC1CC1NC(=O)CBr. The summed E-state index contributed by atoms with van der Waals surface area (Å²) in [4.78, 5) is 10.9. The summed E-state index contributed by atoms with van der Waals surface area (Å²) >= 11 is 3.12. The Bertz CT molecular complexity index is 149. The summed E-state index contributed by atoms with van der Waals surface area (Å²) in [6.07, 6.45) is 3.67. The van der Waals surface area contributed by atoms with E-state index < -0.39 is 0 Å². The Hall–Kier alpha value is -0.0500. The van der Waals surface area contributed by atoms with Gasteiger partial charge in [-0.25, -0.2) is 0 Å². The molecule has 0 aliphatic heterocycles. The minimum absolute atomic E-state index is 0.119. The zero-order chi connectivity index (χ0) is 8.27. The first-order chi connectivity index (χ1) is 5.27.